The van der Waals surface area contributed by atoms with Gasteiger partial charge in [0, 0.05) is 18.6 Å². The Morgan fingerprint density at radius 3 is 2.62 bits per heavy atom. The SMILES string of the molecule is OB(O)c1cc(CN2CCCC(C(F)(F)F)C2)ccc1F. The summed E-state index contributed by atoms with van der Waals surface area (Å²) in [5.74, 6) is -2.09. The third-order valence-electron chi connectivity index (χ3n) is 3.71. The smallest absolute Gasteiger partial charge is 0.423 e. The van der Waals surface area contributed by atoms with Crippen LogP contribution in [0, 0.1) is 11.7 Å². The summed E-state index contributed by atoms with van der Waals surface area (Å²) in [6, 6.07) is 3.81. The Balaban J connectivity index is 2.06. The molecule has 2 rings (SSSR count). The van der Waals surface area contributed by atoms with Gasteiger partial charge in [0.05, 0.1) is 5.92 Å². The third kappa shape index (κ3) is 4.18. The molecular formula is C13H16BF4NO2. The van der Waals surface area contributed by atoms with Gasteiger partial charge in [0.15, 0.2) is 0 Å². The minimum absolute atomic E-state index is 0.0854. The first kappa shape index (κ1) is 16.3. The molecule has 1 unspecified atom stereocenters. The summed E-state index contributed by atoms with van der Waals surface area (Å²) in [4.78, 5) is 1.66. The topological polar surface area (TPSA) is 43.7 Å². The number of benzene rings is 1. The second-order valence-corrected chi connectivity index (χ2v) is 5.35. The molecule has 1 aromatic carbocycles. The lowest BCUT2D eigenvalue weighted by molar-refractivity contribution is -0.187. The fourth-order valence-corrected chi connectivity index (χ4v) is 2.61. The highest BCUT2D eigenvalue weighted by Gasteiger charge is 2.41. The summed E-state index contributed by atoms with van der Waals surface area (Å²) in [6.45, 7) is 0.686. The van der Waals surface area contributed by atoms with E-state index in [0.29, 0.717) is 18.5 Å². The molecule has 1 fully saturated rings. The first-order valence-electron chi connectivity index (χ1n) is 6.71. The maximum atomic E-state index is 13.3. The van der Waals surface area contributed by atoms with Gasteiger partial charge in [0.2, 0.25) is 0 Å². The second kappa shape index (κ2) is 6.33. The molecule has 0 bridgehead atoms. The molecule has 0 amide bonds. The van der Waals surface area contributed by atoms with Crippen molar-refractivity contribution in [1.82, 2.24) is 4.90 Å². The maximum absolute atomic E-state index is 13.3. The molecule has 3 nitrogen and oxygen atoms in total. The molecule has 1 saturated heterocycles. The van der Waals surface area contributed by atoms with Crippen LogP contribution in [-0.2, 0) is 6.54 Å². The first-order chi connectivity index (χ1) is 9.77. The number of alkyl halides is 3. The van der Waals surface area contributed by atoms with Crippen molar-refractivity contribution in [2.75, 3.05) is 13.1 Å². The minimum atomic E-state index is -4.20. The van der Waals surface area contributed by atoms with E-state index in [-0.39, 0.29) is 25.0 Å². The van der Waals surface area contributed by atoms with E-state index in [2.05, 4.69) is 0 Å². The van der Waals surface area contributed by atoms with Crippen LogP contribution in [-0.4, -0.2) is 41.3 Å². The van der Waals surface area contributed by atoms with Crippen LogP contribution < -0.4 is 5.46 Å². The van der Waals surface area contributed by atoms with Crippen molar-refractivity contribution in [3.05, 3.63) is 29.6 Å². The van der Waals surface area contributed by atoms with Crippen LogP contribution in [0.25, 0.3) is 0 Å². The van der Waals surface area contributed by atoms with E-state index in [1.807, 2.05) is 0 Å². The molecule has 0 aliphatic carbocycles. The molecule has 8 heteroatoms. The Morgan fingerprint density at radius 1 is 1.29 bits per heavy atom. The number of rotatable bonds is 3. The fraction of sp³-hybridized carbons (Fsp3) is 0.538. The zero-order valence-corrected chi connectivity index (χ0v) is 11.3. The van der Waals surface area contributed by atoms with E-state index in [1.54, 1.807) is 4.90 Å². The van der Waals surface area contributed by atoms with Crippen molar-refractivity contribution in [2.45, 2.75) is 25.6 Å². The van der Waals surface area contributed by atoms with Crippen molar-refractivity contribution >= 4 is 12.6 Å². The van der Waals surface area contributed by atoms with Gasteiger partial charge >= 0.3 is 13.3 Å². The number of nitrogens with zero attached hydrogens (tertiary/aromatic N) is 1. The second-order valence-electron chi connectivity index (χ2n) is 5.35. The van der Waals surface area contributed by atoms with Crippen molar-refractivity contribution in [3.8, 4) is 0 Å². The molecule has 0 aromatic heterocycles. The standard InChI is InChI=1S/C13H16BF4NO2/c15-12-4-3-9(6-11(12)14(20)21)7-19-5-1-2-10(8-19)13(16,17)18/h3-4,6,10,20-21H,1-2,5,7-8H2. The molecule has 0 radical (unpaired) electrons. The summed E-state index contributed by atoms with van der Waals surface area (Å²) in [5.41, 5.74) is 0.291. The Kier molecular flexibility index (Phi) is 4.90. The average molecular weight is 305 g/mol. The van der Waals surface area contributed by atoms with Crippen LogP contribution in [0.4, 0.5) is 17.6 Å². The van der Waals surface area contributed by atoms with Gasteiger partial charge in [0.1, 0.15) is 5.82 Å². The quantitative estimate of drug-likeness (QED) is 0.653. The van der Waals surface area contributed by atoms with Crippen molar-refractivity contribution in [1.29, 1.82) is 0 Å². The van der Waals surface area contributed by atoms with Gasteiger partial charge in [-0.15, -0.1) is 0 Å². The van der Waals surface area contributed by atoms with Crippen LogP contribution in [0.2, 0.25) is 0 Å². The van der Waals surface area contributed by atoms with Crippen LogP contribution >= 0.6 is 0 Å². The Bertz CT molecular complexity index is 496. The molecule has 1 aliphatic rings. The highest BCUT2D eigenvalue weighted by molar-refractivity contribution is 6.58. The molecule has 2 N–H and O–H groups in total. The van der Waals surface area contributed by atoms with Crippen LogP contribution in [0.15, 0.2) is 18.2 Å². The van der Waals surface area contributed by atoms with Gasteiger partial charge in [-0.25, -0.2) is 4.39 Å². The normalized spacial score (nSPS) is 20.6. The van der Waals surface area contributed by atoms with E-state index < -0.39 is 25.0 Å². The van der Waals surface area contributed by atoms with Gasteiger partial charge in [-0.1, -0.05) is 12.1 Å². The van der Waals surface area contributed by atoms with E-state index in [4.69, 9.17) is 10.0 Å². The summed E-state index contributed by atoms with van der Waals surface area (Å²) < 4.78 is 51.5. The third-order valence-corrected chi connectivity index (χ3v) is 3.71. The predicted octanol–water partition coefficient (Wildman–Crippen LogP) is 1.28. The van der Waals surface area contributed by atoms with Gasteiger partial charge in [-0.2, -0.15) is 13.2 Å². The van der Waals surface area contributed by atoms with Crippen LogP contribution in [0.3, 0.4) is 0 Å². The molecule has 21 heavy (non-hydrogen) atoms. The molecule has 1 atom stereocenters. The van der Waals surface area contributed by atoms with E-state index >= 15 is 0 Å². The highest BCUT2D eigenvalue weighted by Crippen LogP contribution is 2.33. The molecule has 0 saturated carbocycles. The fourth-order valence-electron chi connectivity index (χ4n) is 2.61. The number of hydrogen-bond donors (Lipinski definition) is 2. The van der Waals surface area contributed by atoms with Crippen LogP contribution in [0.1, 0.15) is 18.4 Å². The minimum Gasteiger partial charge on any atom is -0.423 e. The Labute approximate surface area is 120 Å². The Morgan fingerprint density at radius 2 is 2.00 bits per heavy atom. The van der Waals surface area contributed by atoms with Gasteiger partial charge in [-0.3, -0.25) is 4.90 Å². The molecule has 1 aliphatic heterocycles. The predicted molar refractivity (Wildman–Crippen MR) is 70.3 cm³/mol. The van der Waals surface area contributed by atoms with Crippen molar-refractivity contribution < 1.29 is 27.6 Å². The van der Waals surface area contributed by atoms with E-state index in [9.17, 15) is 17.6 Å². The monoisotopic (exact) mass is 305 g/mol. The zero-order valence-electron chi connectivity index (χ0n) is 11.3. The summed E-state index contributed by atoms with van der Waals surface area (Å²) >= 11 is 0. The molecule has 1 aromatic rings. The lowest BCUT2D eigenvalue weighted by Crippen LogP contribution is -2.41. The molecule has 0 spiro atoms. The van der Waals surface area contributed by atoms with Crippen molar-refractivity contribution in [2.24, 2.45) is 5.92 Å². The van der Waals surface area contributed by atoms with Crippen LogP contribution in [0.5, 0.6) is 0 Å². The molecule has 1 heterocycles. The lowest BCUT2D eigenvalue weighted by Gasteiger charge is -2.33. The number of halogens is 4. The zero-order chi connectivity index (χ0) is 15.6. The van der Waals surface area contributed by atoms with E-state index in [0.717, 1.165) is 6.07 Å². The van der Waals surface area contributed by atoms with E-state index in [1.165, 1.54) is 12.1 Å². The highest BCUT2D eigenvalue weighted by atomic mass is 19.4. The molecular weight excluding hydrogens is 289 g/mol. The first-order valence-corrected chi connectivity index (χ1v) is 6.71. The summed E-state index contributed by atoms with van der Waals surface area (Å²) in [6.07, 6.45) is -3.61. The van der Waals surface area contributed by atoms with Gasteiger partial charge in [0.25, 0.3) is 0 Å². The van der Waals surface area contributed by atoms with Gasteiger partial charge in [-0.05, 0) is 31.0 Å². The number of hydrogen-bond acceptors (Lipinski definition) is 3. The van der Waals surface area contributed by atoms with Gasteiger partial charge < -0.3 is 10.0 Å². The summed E-state index contributed by atoms with van der Waals surface area (Å²) in [5, 5.41) is 18.1. The molecule has 116 valence electrons. The summed E-state index contributed by atoms with van der Waals surface area (Å²) in [7, 11) is -1.94. The number of piperidine rings is 1. The lowest BCUT2D eigenvalue weighted by atomic mass is 9.79. The Hall–Kier alpha value is -1.12. The number of likely N-dealkylation sites (tertiary alicyclic amines) is 1. The average Bonchev–Trinajstić information content (AvgIpc) is 2.40. The largest absolute Gasteiger partial charge is 0.491 e. The maximum Gasteiger partial charge on any atom is 0.491 e. The van der Waals surface area contributed by atoms with Crippen molar-refractivity contribution in [3.63, 3.8) is 0 Å².